The summed E-state index contributed by atoms with van der Waals surface area (Å²) in [5.74, 6) is -0.752. The predicted molar refractivity (Wildman–Crippen MR) is 108 cm³/mol. The average Bonchev–Trinajstić information content (AvgIpc) is 2.69. The number of carboxylic acids is 1. The summed E-state index contributed by atoms with van der Waals surface area (Å²) < 4.78 is 26.1. The molecule has 0 saturated heterocycles. The lowest BCUT2D eigenvalue weighted by atomic mass is 10.1. The van der Waals surface area contributed by atoms with Crippen LogP contribution in [0.4, 0.5) is 8.78 Å². The van der Waals surface area contributed by atoms with Crippen LogP contribution in [0.25, 0.3) is 0 Å². The van der Waals surface area contributed by atoms with Crippen molar-refractivity contribution in [3.8, 4) is 0 Å². The fraction of sp³-hybridized carbons (Fsp3) is 0.227. The molecule has 3 rings (SSSR count). The third-order valence-corrected chi connectivity index (χ3v) is 5.65. The second-order valence-corrected chi connectivity index (χ2v) is 7.60. The quantitative estimate of drug-likeness (QED) is 0.632. The summed E-state index contributed by atoms with van der Waals surface area (Å²) in [5, 5.41) is 10.3. The molecule has 0 fully saturated rings. The molecule has 0 radical (unpaired) electrons. The molecule has 1 heterocycles. The van der Waals surface area contributed by atoms with Crippen molar-refractivity contribution in [3.05, 3.63) is 94.0 Å². The summed E-state index contributed by atoms with van der Waals surface area (Å²) in [6.45, 7) is 1.12. The molecule has 6 heteroatoms. The molecule has 0 amide bonds. The first-order valence-electron chi connectivity index (χ1n) is 9.03. The molecule has 0 aliphatic carbocycles. The Morgan fingerprint density at radius 1 is 1.00 bits per heavy atom. The van der Waals surface area contributed by atoms with Crippen molar-refractivity contribution in [1.82, 2.24) is 4.90 Å². The molecular weight excluding hydrogens is 380 g/mol. The summed E-state index contributed by atoms with van der Waals surface area (Å²) in [4.78, 5) is 13.7. The minimum atomic E-state index is -0.957. The average molecular weight is 401 g/mol. The first-order valence-corrected chi connectivity index (χ1v) is 10.0. The second-order valence-electron chi connectivity index (χ2n) is 6.51. The van der Waals surface area contributed by atoms with Gasteiger partial charge in [0.05, 0.1) is 10.6 Å². The lowest BCUT2D eigenvalue weighted by Crippen LogP contribution is -2.27. The van der Waals surface area contributed by atoms with Crippen molar-refractivity contribution >= 4 is 17.7 Å². The second kappa shape index (κ2) is 9.55. The molecule has 2 aromatic carbocycles. The first kappa shape index (κ1) is 20.1. The van der Waals surface area contributed by atoms with E-state index in [2.05, 4.69) is 0 Å². The Kier molecular flexibility index (Phi) is 6.87. The minimum absolute atomic E-state index is 0.250. The summed E-state index contributed by atoms with van der Waals surface area (Å²) in [6, 6.07) is 12.7. The fourth-order valence-corrected chi connectivity index (χ4v) is 4.11. The zero-order valence-electron chi connectivity index (χ0n) is 15.3. The fourth-order valence-electron chi connectivity index (χ4n) is 3.00. The molecule has 28 heavy (non-hydrogen) atoms. The number of hydrogen-bond donors (Lipinski definition) is 1. The van der Waals surface area contributed by atoms with E-state index >= 15 is 0 Å². The number of carboxylic acid groups (broad SMARTS) is 1. The molecule has 1 aliphatic heterocycles. The van der Waals surface area contributed by atoms with Crippen LogP contribution in [0.15, 0.2) is 71.3 Å². The highest BCUT2D eigenvalue weighted by Gasteiger charge is 2.21. The van der Waals surface area contributed by atoms with Crippen LogP contribution < -0.4 is 0 Å². The molecule has 0 unspecified atom stereocenters. The van der Waals surface area contributed by atoms with Gasteiger partial charge in [0.2, 0.25) is 0 Å². The monoisotopic (exact) mass is 401 g/mol. The van der Waals surface area contributed by atoms with E-state index < -0.39 is 5.97 Å². The van der Waals surface area contributed by atoms with Crippen LogP contribution in [0.2, 0.25) is 0 Å². The van der Waals surface area contributed by atoms with Crippen LogP contribution in [0, 0.1) is 11.6 Å². The van der Waals surface area contributed by atoms with E-state index in [1.165, 1.54) is 36.0 Å². The van der Waals surface area contributed by atoms with Gasteiger partial charge in [0.1, 0.15) is 11.6 Å². The van der Waals surface area contributed by atoms with E-state index in [4.69, 9.17) is 0 Å². The molecule has 0 bridgehead atoms. The molecule has 2 aromatic rings. The summed E-state index contributed by atoms with van der Waals surface area (Å²) >= 11 is 1.51. The van der Waals surface area contributed by atoms with E-state index in [9.17, 15) is 18.7 Å². The van der Waals surface area contributed by atoms with Crippen molar-refractivity contribution in [1.29, 1.82) is 0 Å². The van der Waals surface area contributed by atoms with Crippen LogP contribution >= 0.6 is 11.8 Å². The Hall–Kier alpha value is -2.60. The van der Waals surface area contributed by atoms with Crippen LogP contribution in [0.5, 0.6) is 0 Å². The summed E-state index contributed by atoms with van der Waals surface area (Å²) in [6.07, 6.45) is 5.12. The molecule has 0 saturated carbocycles. The Labute approximate surface area is 167 Å². The molecule has 1 N–H and O–H groups in total. The highest BCUT2D eigenvalue weighted by Crippen LogP contribution is 2.30. The van der Waals surface area contributed by atoms with Crippen LogP contribution in [0.1, 0.15) is 17.5 Å². The standard InChI is InChI=1S/C22H21F2NO2S/c23-18-9-5-16(6-10-18)3-2-14-28-21-20(22(26)27)4-1-13-25(21)15-17-7-11-19(24)12-8-17/h1,4-12H,2-3,13-15H2,(H,26,27). The molecular formula is C22H21F2NO2S. The maximum Gasteiger partial charge on any atom is 0.338 e. The number of hydrogen-bond acceptors (Lipinski definition) is 3. The SMILES string of the molecule is O=C(O)C1=C(SCCCc2ccc(F)cc2)N(Cc2ccc(F)cc2)CC=C1. The van der Waals surface area contributed by atoms with Gasteiger partial charge >= 0.3 is 5.97 Å². The molecule has 1 aliphatic rings. The Bertz CT molecular complexity index is 876. The lowest BCUT2D eigenvalue weighted by molar-refractivity contribution is -0.132. The zero-order chi connectivity index (χ0) is 19.9. The third-order valence-electron chi connectivity index (χ3n) is 4.41. The van der Waals surface area contributed by atoms with Gasteiger partial charge in [-0.3, -0.25) is 0 Å². The lowest BCUT2D eigenvalue weighted by Gasteiger charge is -2.29. The zero-order valence-corrected chi connectivity index (χ0v) is 16.1. The minimum Gasteiger partial charge on any atom is -0.478 e. The number of carbonyl (C=O) groups is 1. The first-order chi connectivity index (χ1) is 13.5. The molecule has 3 nitrogen and oxygen atoms in total. The molecule has 146 valence electrons. The topological polar surface area (TPSA) is 40.5 Å². The number of rotatable bonds is 8. The van der Waals surface area contributed by atoms with Gasteiger partial charge in [-0.15, -0.1) is 11.8 Å². The number of halogens is 2. The van der Waals surface area contributed by atoms with Crippen molar-refractivity contribution in [2.24, 2.45) is 0 Å². The van der Waals surface area contributed by atoms with Crippen LogP contribution in [0.3, 0.4) is 0 Å². The maximum absolute atomic E-state index is 13.1. The van der Waals surface area contributed by atoms with E-state index in [0.29, 0.717) is 13.1 Å². The number of nitrogens with zero attached hydrogens (tertiary/aromatic N) is 1. The van der Waals surface area contributed by atoms with Gasteiger partial charge in [-0.25, -0.2) is 13.6 Å². The van der Waals surface area contributed by atoms with Crippen molar-refractivity contribution in [3.63, 3.8) is 0 Å². The van der Waals surface area contributed by atoms with Crippen LogP contribution in [-0.4, -0.2) is 28.3 Å². The van der Waals surface area contributed by atoms with Gasteiger partial charge < -0.3 is 10.0 Å². The third kappa shape index (κ3) is 5.45. The van der Waals surface area contributed by atoms with Gasteiger partial charge in [-0.2, -0.15) is 0 Å². The van der Waals surface area contributed by atoms with Crippen molar-refractivity contribution in [2.75, 3.05) is 12.3 Å². The molecule has 0 spiro atoms. The Balaban J connectivity index is 1.65. The predicted octanol–water partition coefficient (Wildman–Crippen LogP) is 5.00. The van der Waals surface area contributed by atoms with Gasteiger partial charge in [0.25, 0.3) is 0 Å². The van der Waals surface area contributed by atoms with Crippen molar-refractivity contribution in [2.45, 2.75) is 19.4 Å². The number of aliphatic carboxylic acids is 1. The number of benzene rings is 2. The summed E-state index contributed by atoms with van der Waals surface area (Å²) in [5.41, 5.74) is 2.26. The van der Waals surface area contributed by atoms with E-state index in [1.807, 2.05) is 11.0 Å². The largest absolute Gasteiger partial charge is 0.478 e. The number of thioether (sulfide) groups is 1. The highest BCUT2D eigenvalue weighted by molar-refractivity contribution is 8.03. The smallest absolute Gasteiger partial charge is 0.338 e. The maximum atomic E-state index is 13.1. The van der Waals surface area contributed by atoms with Gasteiger partial charge in [-0.1, -0.05) is 30.3 Å². The summed E-state index contributed by atoms with van der Waals surface area (Å²) in [7, 11) is 0. The van der Waals surface area contributed by atoms with Crippen molar-refractivity contribution < 1.29 is 18.7 Å². The highest BCUT2D eigenvalue weighted by atomic mass is 32.2. The van der Waals surface area contributed by atoms with Gasteiger partial charge in [0.15, 0.2) is 0 Å². The van der Waals surface area contributed by atoms with Gasteiger partial charge in [-0.05, 0) is 60.1 Å². The van der Waals surface area contributed by atoms with E-state index in [1.54, 1.807) is 30.3 Å². The van der Waals surface area contributed by atoms with Crippen LogP contribution in [-0.2, 0) is 17.8 Å². The Morgan fingerprint density at radius 2 is 1.61 bits per heavy atom. The number of aryl methyl sites for hydroxylation is 1. The van der Waals surface area contributed by atoms with E-state index in [-0.39, 0.29) is 17.2 Å². The Morgan fingerprint density at radius 3 is 2.21 bits per heavy atom. The van der Waals surface area contributed by atoms with E-state index in [0.717, 1.165) is 34.8 Å². The molecule has 0 aromatic heterocycles. The van der Waals surface area contributed by atoms with Gasteiger partial charge in [0, 0.05) is 13.1 Å². The normalized spacial score (nSPS) is 13.9. The molecule has 0 atom stereocenters.